The highest BCUT2D eigenvalue weighted by Crippen LogP contribution is 2.34. The zero-order valence-electron chi connectivity index (χ0n) is 15.0. The SMILES string of the molecule is COc1cc(-c2cc3ncccc3c(OC[C@H]3CCC(=O)C3)n2)ccc1O. The zero-order chi connectivity index (χ0) is 18.8. The van der Waals surface area contributed by atoms with Gasteiger partial charge in [0.05, 0.1) is 30.3 Å². The largest absolute Gasteiger partial charge is 0.504 e. The van der Waals surface area contributed by atoms with E-state index in [9.17, 15) is 9.90 Å². The van der Waals surface area contributed by atoms with E-state index in [1.54, 1.807) is 24.4 Å². The smallest absolute Gasteiger partial charge is 0.223 e. The van der Waals surface area contributed by atoms with E-state index in [1.807, 2.05) is 18.2 Å². The van der Waals surface area contributed by atoms with Crippen LogP contribution in [0.4, 0.5) is 0 Å². The Hall–Kier alpha value is -3.15. The van der Waals surface area contributed by atoms with Crippen molar-refractivity contribution in [3.05, 3.63) is 42.6 Å². The lowest BCUT2D eigenvalue weighted by Gasteiger charge is -2.14. The average Bonchev–Trinajstić information content (AvgIpc) is 3.11. The fourth-order valence-corrected chi connectivity index (χ4v) is 3.37. The number of hydrogen-bond donors (Lipinski definition) is 1. The van der Waals surface area contributed by atoms with E-state index in [-0.39, 0.29) is 11.7 Å². The number of phenols is 1. The molecule has 0 spiro atoms. The first kappa shape index (κ1) is 17.3. The molecular weight excluding hydrogens is 344 g/mol. The van der Waals surface area contributed by atoms with Crippen LogP contribution in [0.1, 0.15) is 19.3 Å². The molecule has 2 heterocycles. The Kier molecular flexibility index (Phi) is 4.62. The Labute approximate surface area is 156 Å². The number of methoxy groups -OCH3 is 1. The third-order valence-corrected chi connectivity index (χ3v) is 4.84. The quantitative estimate of drug-likeness (QED) is 0.742. The standard InChI is InChI=1S/C21H20N2O4/c1-26-20-10-14(5-7-19(20)25)17-11-18-16(3-2-8-22-18)21(23-17)27-12-13-4-6-15(24)9-13/h2-3,5,7-8,10-11,13,25H,4,6,9,12H2,1H3/t13-/m0/s1. The summed E-state index contributed by atoms with van der Waals surface area (Å²) in [4.78, 5) is 20.6. The number of fused-ring (bicyclic) bond motifs is 1. The first-order valence-corrected chi connectivity index (χ1v) is 8.91. The molecule has 1 N–H and O–H groups in total. The average molecular weight is 364 g/mol. The van der Waals surface area contributed by atoms with Gasteiger partial charge in [0.15, 0.2) is 11.5 Å². The number of Topliss-reactive ketones (excluding diaryl/α,β-unsaturated/α-hetero) is 1. The molecule has 0 amide bonds. The molecule has 0 bridgehead atoms. The van der Waals surface area contributed by atoms with Gasteiger partial charge < -0.3 is 14.6 Å². The number of ketones is 1. The fraction of sp³-hybridized carbons (Fsp3) is 0.286. The number of pyridine rings is 2. The Morgan fingerprint density at radius 3 is 2.93 bits per heavy atom. The third-order valence-electron chi connectivity index (χ3n) is 4.84. The van der Waals surface area contributed by atoms with Crippen molar-refractivity contribution < 1.29 is 19.4 Å². The summed E-state index contributed by atoms with van der Waals surface area (Å²) in [6.45, 7) is 0.463. The molecule has 0 saturated heterocycles. The minimum Gasteiger partial charge on any atom is -0.504 e. The van der Waals surface area contributed by atoms with Gasteiger partial charge in [0.1, 0.15) is 5.78 Å². The number of nitrogens with zero attached hydrogens (tertiary/aromatic N) is 2. The van der Waals surface area contributed by atoms with E-state index in [0.29, 0.717) is 42.6 Å². The van der Waals surface area contributed by atoms with Gasteiger partial charge in [-0.1, -0.05) is 0 Å². The van der Waals surface area contributed by atoms with Crippen LogP contribution in [0.5, 0.6) is 17.4 Å². The second kappa shape index (κ2) is 7.23. The molecule has 3 aromatic rings. The molecule has 2 aromatic heterocycles. The predicted molar refractivity (Wildman–Crippen MR) is 101 cm³/mol. The van der Waals surface area contributed by atoms with Crippen LogP contribution in [-0.4, -0.2) is 34.6 Å². The van der Waals surface area contributed by atoms with E-state index >= 15 is 0 Å². The molecule has 1 aromatic carbocycles. The molecular formula is C21H20N2O4. The summed E-state index contributed by atoms with van der Waals surface area (Å²) >= 11 is 0. The summed E-state index contributed by atoms with van der Waals surface area (Å²) in [5.74, 6) is 1.49. The Balaban J connectivity index is 1.70. The second-order valence-corrected chi connectivity index (χ2v) is 6.73. The number of aromatic hydroxyl groups is 1. The van der Waals surface area contributed by atoms with E-state index in [1.165, 1.54) is 7.11 Å². The molecule has 1 fully saturated rings. The summed E-state index contributed by atoms with van der Waals surface area (Å²) in [6, 6.07) is 10.7. The van der Waals surface area contributed by atoms with E-state index in [0.717, 1.165) is 22.9 Å². The zero-order valence-corrected chi connectivity index (χ0v) is 15.0. The number of aromatic nitrogens is 2. The highest BCUT2D eigenvalue weighted by molar-refractivity contribution is 5.87. The molecule has 1 saturated carbocycles. The number of carbonyl (C=O) groups excluding carboxylic acids is 1. The Bertz CT molecular complexity index is 1000. The maximum atomic E-state index is 11.5. The van der Waals surface area contributed by atoms with Crippen molar-refractivity contribution >= 4 is 16.7 Å². The van der Waals surface area contributed by atoms with Gasteiger partial charge in [-0.2, -0.15) is 0 Å². The van der Waals surface area contributed by atoms with Gasteiger partial charge in [-0.15, -0.1) is 0 Å². The predicted octanol–water partition coefficient (Wildman–Crippen LogP) is 3.76. The maximum absolute atomic E-state index is 11.5. The molecule has 1 aliphatic carbocycles. The third kappa shape index (κ3) is 3.56. The van der Waals surface area contributed by atoms with Crippen LogP contribution < -0.4 is 9.47 Å². The number of ether oxygens (including phenoxy) is 2. The van der Waals surface area contributed by atoms with E-state index < -0.39 is 0 Å². The van der Waals surface area contributed by atoms with Crippen LogP contribution in [0, 0.1) is 5.92 Å². The summed E-state index contributed by atoms with van der Waals surface area (Å²) in [6.07, 6.45) is 3.80. The first-order chi connectivity index (χ1) is 13.1. The van der Waals surface area contributed by atoms with Crippen molar-refractivity contribution in [2.45, 2.75) is 19.3 Å². The van der Waals surface area contributed by atoms with Crippen molar-refractivity contribution in [2.24, 2.45) is 5.92 Å². The lowest BCUT2D eigenvalue weighted by molar-refractivity contribution is -0.117. The first-order valence-electron chi connectivity index (χ1n) is 8.91. The lowest BCUT2D eigenvalue weighted by atomic mass is 10.1. The lowest BCUT2D eigenvalue weighted by Crippen LogP contribution is -2.10. The molecule has 0 unspecified atom stereocenters. The van der Waals surface area contributed by atoms with Gasteiger partial charge >= 0.3 is 0 Å². The van der Waals surface area contributed by atoms with Crippen molar-refractivity contribution in [1.82, 2.24) is 9.97 Å². The van der Waals surface area contributed by atoms with Gasteiger partial charge in [0, 0.05) is 30.5 Å². The summed E-state index contributed by atoms with van der Waals surface area (Å²) in [5.41, 5.74) is 2.24. The van der Waals surface area contributed by atoms with Crippen LogP contribution in [-0.2, 0) is 4.79 Å². The Morgan fingerprint density at radius 2 is 2.15 bits per heavy atom. The molecule has 138 valence electrons. The molecule has 27 heavy (non-hydrogen) atoms. The highest BCUT2D eigenvalue weighted by atomic mass is 16.5. The van der Waals surface area contributed by atoms with Crippen molar-refractivity contribution in [2.75, 3.05) is 13.7 Å². The fourth-order valence-electron chi connectivity index (χ4n) is 3.37. The van der Waals surface area contributed by atoms with Crippen LogP contribution in [0.3, 0.4) is 0 Å². The molecule has 0 aliphatic heterocycles. The van der Waals surface area contributed by atoms with Gasteiger partial charge in [0.2, 0.25) is 5.88 Å². The minimum absolute atomic E-state index is 0.0718. The number of benzene rings is 1. The van der Waals surface area contributed by atoms with Gasteiger partial charge in [-0.25, -0.2) is 4.98 Å². The summed E-state index contributed by atoms with van der Waals surface area (Å²) in [5, 5.41) is 10.7. The number of rotatable bonds is 5. The molecule has 4 rings (SSSR count). The topological polar surface area (TPSA) is 81.5 Å². The Morgan fingerprint density at radius 1 is 1.26 bits per heavy atom. The molecule has 1 atom stereocenters. The molecule has 0 radical (unpaired) electrons. The molecule has 6 nitrogen and oxygen atoms in total. The minimum atomic E-state index is 0.0718. The summed E-state index contributed by atoms with van der Waals surface area (Å²) in [7, 11) is 1.51. The number of carbonyl (C=O) groups is 1. The maximum Gasteiger partial charge on any atom is 0.223 e. The van der Waals surface area contributed by atoms with Gasteiger partial charge in [-0.3, -0.25) is 9.78 Å². The highest BCUT2D eigenvalue weighted by Gasteiger charge is 2.23. The van der Waals surface area contributed by atoms with Crippen LogP contribution >= 0.6 is 0 Å². The normalized spacial score (nSPS) is 16.6. The monoisotopic (exact) mass is 364 g/mol. The van der Waals surface area contributed by atoms with Gasteiger partial charge in [-0.05, 0) is 42.8 Å². The van der Waals surface area contributed by atoms with Crippen molar-refractivity contribution in [3.63, 3.8) is 0 Å². The van der Waals surface area contributed by atoms with Crippen LogP contribution in [0.2, 0.25) is 0 Å². The van der Waals surface area contributed by atoms with E-state index in [4.69, 9.17) is 9.47 Å². The van der Waals surface area contributed by atoms with Crippen molar-refractivity contribution in [1.29, 1.82) is 0 Å². The van der Waals surface area contributed by atoms with Crippen molar-refractivity contribution in [3.8, 4) is 28.6 Å². The van der Waals surface area contributed by atoms with Gasteiger partial charge in [0.25, 0.3) is 0 Å². The molecule has 1 aliphatic rings. The van der Waals surface area contributed by atoms with E-state index in [2.05, 4.69) is 9.97 Å². The molecule has 6 heteroatoms. The number of phenolic OH excluding ortho intramolecular Hbond substituents is 1. The number of hydrogen-bond acceptors (Lipinski definition) is 6. The van der Waals surface area contributed by atoms with Crippen LogP contribution in [0.15, 0.2) is 42.6 Å². The van der Waals surface area contributed by atoms with Crippen LogP contribution in [0.25, 0.3) is 22.2 Å². The summed E-state index contributed by atoms with van der Waals surface area (Å²) < 4.78 is 11.2. The second-order valence-electron chi connectivity index (χ2n) is 6.73.